The van der Waals surface area contributed by atoms with Gasteiger partial charge in [-0.1, -0.05) is 60.7 Å². The van der Waals surface area contributed by atoms with Gasteiger partial charge in [0.05, 0.1) is 12.8 Å². The third kappa shape index (κ3) is 4.75. The van der Waals surface area contributed by atoms with Gasteiger partial charge in [-0.2, -0.15) is 0 Å². The van der Waals surface area contributed by atoms with Gasteiger partial charge in [0, 0.05) is 0 Å². The highest BCUT2D eigenvalue weighted by atomic mass is 16.5. The fraction of sp³-hybridized carbons (Fsp3) is 0.0500. The molecule has 0 aliphatic carbocycles. The van der Waals surface area contributed by atoms with Gasteiger partial charge in [-0.3, -0.25) is 0 Å². The van der Waals surface area contributed by atoms with E-state index in [1.54, 1.807) is 13.2 Å². The van der Waals surface area contributed by atoms with Gasteiger partial charge in [-0.25, -0.2) is 0 Å². The van der Waals surface area contributed by atoms with Crippen LogP contribution in [-0.2, 0) is 0 Å². The van der Waals surface area contributed by atoms with E-state index in [0.717, 1.165) is 11.4 Å². The summed E-state index contributed by atoms with van der Waals surface area (Å²) in [6.45, 7) is 0. The van der Waals surface area contributed by atoms with Crippen molar-refractivity contribution in [3.05, 3.63) is 90.3 Å². The Morgan fingerprint density at radius 2 is 1.56 bits per heavy atom. The average molecular weight is 330 g/mol. The number of benzene rings is 2. The smallest absolute Gasteiger partial charge is 0.198 e. The second kappa shape index (κ2) is 8.40. The van der Waals surface area contributed by atoms with Crippen molar-refractivity contribution in [1.82, 2.24) is 20.2 Å². The van der Waals surface area contributed by atoms with Gasteiger partial charge in [-0.15, -0.1) is 15.0 Å². The molecule has 3 rings (SSSR count). The van der Waals surface area contributed by atoms with Crippen LogP contribution in [-0.4, -0.2) is 27.3 Å². The molecule has 0 unspecified atom stereocenters. The highest BCUT2D eigenvalue weighted by Gasteiger charge is 2.02. The molecule has 2 aromatic carbocycles. The SMILES string of the molecule is COc1ccc(-n2nnc(/C=C/C=C\C=C\c3ccccc3)n2)cc1. The summed E-state index contributed by atoms with van der Waals surface area (Å²) in [7, 11) is 1.63. The summed E-state index contributed by atoms with van der Waals surface area (Å²) in [5.41, 5.74) is 1.99. The molecule has 1 heterocycles. The lowest BCUT2D eigenvalue weighted by atomic mass is 10.2. The van der Waals surface area contributed by atoms with Crippen LogP contribution in [0.1, 0.15) is 11.4 Å². The van der Waals surface area contributed by atoms with Gasteiger partial charge in [-0.05, 0) is 41.1 Å². The molecular formula is C20H18N4O. The lowest BCUT2D eigenvalue weighted by molar-refractivity contribution is 0.414. The van der Waals surface area contributed by atoms with E-state index in [9.17, 15) is 0 Å². The minimum absolute atomic E-state index is 0.549. The van der Waals surface area contributed by atoms with Crippen molar-refractivity contribution < 1.29 is 4.74 Å². The predicted molar refractivity (Wildman–Crippen MR) is 99.4 cm³/mol. The number of ether oxygens (including phenoxy) is 1. The van der Waals surface area contributed by atoms with Crippen LogP contribution in [0, 0.1) is 0 Å². The van der Waals surface area contributed by atoms with Crippen molar-refractivity contribution in [2.45, 2.75) is 0 Å². The van der Waals surface area contributed by atoms with Crippen LogP contribution >= 0.6 is 0 Å². The monoisotopic (exact) mass is 330 g/mol. The molecule has 0 saturated carbocycles. The van der Waals surface area contributed by atoms with Crippen molar-refractivity contribution in [3.63, 3.8) is 0 Å². The molecule has 0 radical (unpaired) electrons. The van der Waals surface area contributed by atoms with Crippen LogP contribution in [0.15, 0.2) is 78.9 Å². The first-order valence-corrected chi connectivity index (χ1v) is 7.86. The van der Waals surface area contributed by atoms with Crippen molar-refractivity contribution in [3.8, 4) is 11.4 Å². The van der Waals surface area contributed by atoms with Gasteiger partial charge in [0.15, 0.2) is 5.82 Å². The molecule has 0 fully saturated rings. The van der Waals surface area contributed by atoms with Gasteiger partial charge in [0.25, 0.3) is 0 Å². The Hall–Kier alpha value is -3.47. The van der Waals surface area contributed by atoms with Crippen LogP contribution in [0.4, 0.5) is 0 Å². The van der Waals surface area contributed by atoms with Gasteiger partial charge in [0.2, 0.25) is 0 Å². The van der Waals surface area contributed by atoms with Crippen molar-refractivity contribution in [2.75, 3.05) is 7.11 Å². The second-order valence-electron chi connectivity index (χ2n) is 5.15. The fourth-order valence-electron chi connectivity index (χ4n) is 2.12. The molecule has 25 heavy (non-hydrogen) atoms. The zero-order valence-electron chi connectivity index (χ0n) is 13.9. The summed E-state index contributed by atoms with van der Waals surface area (Å²) in [6, 6.07) is 17.6. The quantitative estimate of drug-likeness (QED) is 0.642. The normalized spacial score (nSPS) is 11.7. The Kier molecular flexibility index (Phi) is 5.51. The average Bonchev–Trinajstić information content (AvgIpc) is 3.14. The molecule has 124 valence electrons. The van der Waals surface area contributed by atoms with Gasteiger partial charge >= 0.3 is 0 Å². The summed E-state index contributed by atoms with van der Waals surface area (Å²) in [4.78, 5) is 1.48. The number of methoxy groups -OCH3 is 1. The lowest BCUT2D eigenvalue weighted by Crippen LogP contribution is -1.98. The molecule has 3 aromatic rings. The summed E-state index contributed by atoms with van der Waals surface area (Å²) >= 11 is 0. The zero-order valence-corrected chi connectivity index (χ0v) is 13.9. The number of aromatic nitrogens is 4. The molecular weight excluding hydrogens is 312 g/mol. The topological polar surface area (TPSA) is 52.8 Å². The number of hydrogen-bond donors (Lipinski definition) is 0. The molecule has 0 aliphatic rings. The predicted octanol–water partition coefficient (Wildman–Crippen LogP) is 3.95. The maximum Gasteiger partial charge on any atom is 0.198 e. The van der Waals surface area contributed by atoms with E-state index in [4.69, 9.17) is 4.74 Å². The third-order valence-electron chi connectivity index (χ3n) is 3.40. The minimum Gasteiger partial charge on any atom is -0.497 e. The summed E-state index contributed by atoms with van der Waals surface area (Å²) in [5, 5.41) is 12.4. The standard InChI is InChI=1S/C20H18N4O/c1-25-19-15-13-18(14-16-19)24-22-20(21-23-24)12-8-3-2-5-9-17-10-6-4-7-11-17/h2-16H,1H3/b3-2-,9-5+,12-8+. The Morgan fingerprint density at radius 3 is 2.28 bits per heavy atom. The largest absolute Gasteiger partial charge is 0.497 e. The van der Waals surface area contributed by atoms with Crippen molar-refractivity contribution >= 4 is 12.2 Å². The number of tetrazole rings is 1. The first kappa shape index (κ1) is 16.4. The minimum atomic E-state index is 0.549. The first-order chi connectivity index (χ1) is 12.3. The molecule has 5 heteroatoms. The van der Waals surface area contributed by atoms with E-state index in [1.807, 2.05) is 72.8 Å². The summed E-state index contributed by atoms with van der Waals surface area (Å²) < 4.78 is 5.13. The van der Waals surface area contributed by atoms with Crippen LogP contribution in [0.2, 0.25) is 0 Å². The third-order valence-corrected chi connectivity index (χ3v) is 3.40. The molecule has 5 nitrogen and oxygen atoms in total. The molecule has 0 bridgehead atoms. The summed E-state index contributed by atoms with van der Waals surface area (Å²) in [5.74, 6) is 1.34. The maximum atomic E-state index is 5.13. The molecule has 0 N–H and O–H groups in total. The molecule has 1 aromatic heterocycles. The molecule has 0 atom stereocenters. The second-order valence-corrected chi connectivity index (χ2v) is 5.15. The van der Waals surface area contributed by atoms with E-state index in [1.165, 1.54) is 10.4 Å². The maximum absolute atomic E-state index is 5.13. The Labute approximate surface area is 146 Å². The lowest BCUT2D eigenvalue weighted by Gasteiger charge is -2.00. The van der Waals surface area contributed by atoms with Crippen molar-refractivity contribution in [1.29, 1.82) is 0 Å². The highest BCUT2D eigenvalue weighted by Crippen LogP contribution is 2.13. The number of nitrogens with zero attached hydrogens (tertiary/aromatic N) is 4. The molecule has 0 spiro atoms. The van der Waals surface area contributed by atoms with Crippen molar-refractivity contribution in [2.24, 2.45) is 0 Å². The number of rotatable bonds is 6. The molecule has 0 amide bonds. The number of allylic oxidation sites excluding steroid dienone is 4. The van der Waals surface area contributed by atoms with Crippen LogP contribution < -0.4 is 4.74 Å². The van der Waals surface area contributed by atoms with Gasteiger partial charge < -0.3 is 4.74 Å². The molecule has 0 aliphatic heterocycles. The van der Waals surface area contributed by atoms with E-state index in [2.05, 4.69) is 27.5 Å². The van der Waals surface area contributed by atoms with Crippen LogP contribution in [0.25, 0.3) is 17.8 Å². The Bertz CT molecular complexity index is 878. The van der Waals surface area contributed by atoms with Crippen LogP contribution in [0.3, 0.4) is 0 Å². The zero-order chi connectivity index (χ0) is 17.3. The van der Waals surface area contributed by atoms with E-state index in [0.29, 0.717) is 5.82 Å². The fourth-order valence-corrected chi connectivity index (χ4v) is 2.12. The highest BCUT2D eigenvalue weighted by molar-refractivity contribution is 5.51. The summed E-state index contributed by atoms with van der Waals surface area (Å²) in [6.07, 6.45) is 11.6. The van der Waals surface area contributed by atoms with E-state index >= 15 is 0 Å². The first-order valence-electron chi connectivity index (χ1n) is 7.86. The molecule has 0 saturated heterocycles. The van der Waals surface area contributed by atoms with Crippen LogP contribution in [0.5, 0.6) is 5.75 Å². The van der Waals surface area contributed by atoms with Gasteiger partial charge in [0.1, 0.15) is 5.75 Å². The Morgan fingerprint density at radius 1 is 0.840 bits per heavy atom. The Balaban J connectivity index is 1.58. The number of hydrogen-bond acceptors (Lipinski definition) is 4. The van der Waals surface area contributed by atoms with E-state index in [-0.39, 0.29) is 0 Å². The van der Waals surface area contributed by atoms with E-state index < -0.39 is 0 Å².